The lowest BCUT2D eigenvalue weighted by atomic mass is 10.0. The second kappa shape index (κ2) is 9.65. The third-order valence-corrected chi connectivity index (χ3v) is 5.28. The zero-order valence-electron chi connectivity index (χ0n) is 18.0. The second-order valence-electron chi connectivity index (χ2n) is 7.55. The van der Waals surface area contributed by atoms with Crippen LogP contribution in [0.4, 0.5) is 14.5 Å². The molecule has 2 aromatic heterocycles. The van der Waals surface area contributed by atoms with E-state index in [9.17, 15) is 13.6 Å². The molecule has 4 rings (SSSR count). The summed E-state index contributed by atoms with van der Waals surface area (Å²) >= 11 is 0. The van der Waals surface area contributed by atoms with Gasteiger partial charge in [-0.1, -0.05) is 43.3 Å². The molecule has 2 heterocycles. The van der Waals surface area contributed by atoms with Crippen molar-refractivity contribution in [3.63, 3.8) is 0 Å². The van der Waals surface area contributed by atoms with Crippen LogP contribution in [0.15, 0.2) is 85.5 Å². The fraction of sp³-hybridized carbons (Fsp3) is 0.154. The van der Waals surface area contributed by atoms with Gasteiger partial charge < -0.3 is 5.32 Å². The van der Waals surface area contributed by atoms with Crippen molar-refractivity contribution in [3.8, 4) is 22.5 Å². The number of benzene rings is 2. The van der Waals surface area contributed by atoms with E-state index in [0.29, 0.717) is 11.3 Å². The smallest absolute Gasteiger partial charge is 0.273 e. The number of anilines is 1. The summed E-state index contributed by atoms with van der Waals surface area (Å²) in [6.07, 6.45) is 6.52. The molecular formula is C26H22F2N4O. The standard InChI is InChI=1S/C26H22F2N4O/c1-2-26(27,28)21-7-3-18(4-8-21)17-23(33)32-22-9-5-19(6-10-22)24-25(31-16-15-30-24)20-11-13-29-14-12-20/h3-16H,2,17H2,1H3,(H,32,33). The summed E-state index contributed by atoms with van der Waals surface area (Å²) in [5.74, 6) is -3.09. The Morgan fingerprint density at radius 1 is 0.818 bits per heavy atom. The van der Waals surface area contributed by atoms with E-state index in [1.165, 1.54) is 19.1 Å². The monoisotopic (exact) mass is 444 g/mol. The predicted molar refractivity (Wildman–Crippen MR) is 124 cm³/mol. The molecule has 0 spiro atoms. The van der Waals surface area contributed by atoms with Crippen molar-refractivity contribution in [3.05, 3.63) is 96.6 Å². The Morgan fingerprint density at radius 2 is 1.39 bits per heavy atom. The maximum Gasteiger partial charge on any atom is 0.273 e. The van der Waals surface area contributed by atoms with Crippen molar-refractivity contribution in [1.29, 1.82) is 0 Å². The second-order valence-corrected chi connectivity index (χ2v) is 7.55. The zero-order valence-corrected chi connectivity index (χ0v) is 18.0. The average Bonchev–Trinajstić information content (AvgIpc) is 2.85. The largest absolute Gasteiger partial charge is 0.326 e. The summed E-state index contributed by atoms with van der Waals surface area (Å²) in [6.45, 7) is 1.44. The van der Waals surface area contributed by atoms with Crippen molar-refractivity contribution in [2.75, 3.05) is 5.32 Å². The highest BCUT2D eigenvalue weighted by Gasteiger charge is 2.28. The molecule has 1 amide bonds. The first-order chi connectivity index (χ1) is 16.0. The van der Waals surface area contributed by atoms with Crippen LogP contribution in [0.5, 0.6) is 0 Å². The molecule has 0 saturated carbocycles. The van der Waals surface area contributed by atoms with E-state index in [4.69, 9.17) is 0 Å². The predicted octanol–water partition coefficient (Wildman–Crippen LogP) is 5.89. The summed E-state index contributed by atoms with van der Waals surface area (Å²) in [4.78, 5) is 25.4. The number of hydrogen-bond donors (Lipinski definition) is 1. The highest BCUT2D eigenvalue weighted by Crippen LogP contribution is 2.31. The third kappa shape index (κ3) is 5.26. The maximum atomic E-state index is 13.8. The van der Waals surface area contributed by atoms with Gasteiger partial charge in [0.15, 0.2) is 0 Å². The molecule has 0 atom stereocenters. The fourth-order valence-electron chi connectivity index (χ4n) is 3.44. The molecule has 7 heteroatoms. The van der Waals surface area contributed by atoms with Crippen LogP contribution in [-0.4, -0.2) is 20.9 Å². The molecule has 0 fully saturated rings. The topological polar surface area (TPSA) is 67.8 Å². The average molecular weight is 444 g/mol. The summed E-state index contributed by atoms with van der Waals surface area (Å²) in [5.41, 5.74) is 4.50. The molecule has 4 aromatic rings. The lowest BCUT2D eigenvalue weighted by Gasteiger charge is -2.14. The van der Waals surface area contributed by atoms with Gasteiger partial charge in [-0.25, -0.2) is 8.78 Å². The molecular weight excluding hydrogens is 422 g/mol. The number of pyridine rings is 1. The lowest BCUT2D eigenvalue weighted by molar-refractivity contribution is -0.115. The number of carbonyl (C=O) groups excluding carboxylic acids is 1. The summed E-state index contributed by atoms with van der Waals surface area (Å²) in [7, 11) is 0. The maximum absolute atomic E-state index is 13.8. The lowest BCUT2D eigenvalue weighted by Crippen LogP contribution is -2.15. The van der Waals surface area contributed by atoms with Gasteiger partial charge in [-0.15, -0.1) is 0 Å². The van der Waals surface area contributed by atoms with Gasteiger partial charge in [-0.3, -0.25) is 19.7 Å². The van der Waals surface area contributed by atoms with Gasteiger partial charge in [0.25, 0.3) is 5.92 Å². The number of alkyl halides is 2. The molecule has 2 aromatic carbocycles. The van der Waals surface area contributed by atoms with Crippen molar-refractivity contribution in [2.45, 2.75) is 25.7 Å². The van der Waals surface area contributed by atoms with Gasteiger partial charge in [0.1, 0.15) is 0 Å². The summed E-state index contributed by atoms with van der Waals surface area (Å²) in [5, 5.41) is 2.84. The van der Waals surface area contributed by atoms with E-state index in [0.717, 1.165) is 22.5 Å². The van der Waals surface area contributed by atoms with Crippen LogP contribution in [0.25, 0.3) is 22.5 Å². The first kappa shape index (κ1) is 22.2. The van der Waals surface area contributed by atoms with Crippen LogP contribution in [0.2, 0.25) is 0 Å². The highest BCUT2D eigenvalue weighted by atomic mass is 19.3. The molecule has 0 aliphatic rings. The molecule has 0 unspecified atom stereocenters. The van der Waals surface area contributed by atoms with Crippen LogP contribution >= 0.6 is 0 Å². The van der Waals surface area contributed by atoms with Crippen molar-refractivity contribution in [1.82, 2.24) is 15.0 Å². The number of carbonyl (C=O) groups is 1. The Kier molecular flexibility index (Phi) is 6.49. The molecule has 33 heavy (non-hydrogen) atoms. The van der Waals surface area contributed by atoms with E-state index >= 15 is 0 Å². The Labute approximate surface area is 190 Å². The number of amides is 1. The number of aromatic nitrogens is 3. The van der Waals surface area contributed by atoms with Crippen molar-refractivity contribution < 1.29 is 13.6 Å². The molecule has 0 saturated heterocycles. The van der Waals surface area contributed by atoms with Gasteiger partial charge in [0.2, 0.25) is 5.91 Å². The molecule has 166 valence electrons. The van der Waals surface area contributed by atoms with Gasteiger partial charge in [0.05, 0.1) is 17.8 Å². The number of nitrogens with one attached hydrogen (secondary N) is 1. The van der Waals surface area contributed by atoms with Gasteiger partial charge in [-0.2, -0.15) is 0 Å². The Bertz CT molecular complexity index is 1230. The van der Waals surface area contributed by atoms with Gasteiger partial charge in [-0.05, 0) is 29.8 Å². The summed E-state index contributed by atoms with van der Waals surface area (Å²) < 4.78 is 27.5. The zero-order chi connectivity index (χ0) is 23.3. The van der Waals surface area contributed by atoms with Crippen molar-refractivity contribution >= 4 is 11.6 Å². The van der Waals surface area contributed by atoms with E-state index < -0.39 is 5.92 Å². The molecule has 0 radical (unpaired) electrons. The number of halogens is 2. The van der Waals surface area contributed by atoms with Crippen LogP contribution in [-0.2, 0) is 17.1 Å². The first-order valence-electron chi connectivity index (χ1n) is 10.5. The van der Waals surface area contributed by atoms with E-state index in [1.807, 2.05) is 24.3 Å². The fourth-order valence-corrected chi connectivity index (χ4v) is 3.44. The quantitative estimate of drug-likeness (QED) is 0.386. The van der Waals surface area contributed by atoms with E-state index in [2.05, 4.69) is 20.3 Å². The first-order valence-corrected chi connectivity index (χ1v) is 10.5. The third-order valence-electron chi connectivity index (χ3n) is 5.28. The van der Waals surface area contributed by atoms with E-state index in [1.54, 1.807) is 49.1 Å². The molecule has 0 bridgehead atoms. The molecule has 0 aliphatic carbocycles. The van der Waals surface area contributed by atoms with Gasteiger partial charge >= 0.3 is 0 Å². The minimum absolute atomic E-state index is 0.0418. The number of rotatable bonds is 7. The van der Waals surface area contributed by atoms with Crippen LogP contribution < -0.4 is 5.32 Å². The minimum Gasteiger partial charge on any atom is -0.326 e. The SMILES string of the molecule is CCC(F)(F)c1ccc(CC(=O)Nc2ccc(-c3nccnc3-c3ccncc3)cc2)cc1. The van der Waals surface area contributed by atoms with Crippen molar-refractivity contribution in [2.24, 2.45) is 0 Å². The Balaban J connectivity index is 1.44. The highest BCUT2D eigenvalue weighted by molar-refractivity contribution is 5.92. The van der Waals surface area contributed by atoms with Crippen LogP contribution in [0.1, 0.15) is 24.5 Å². The number of nitrogens with zero attached hydrogens (tertiary/aromatic N) is 3. The summed E-state index contributed by atoms with van der Waals surface area (Å²) in [6, 6.07) is 17.0. The molecule has 1 N–H and O–H groups in total. The normalized spacial score (nSPS) is 11.2. The minimum atomic E-state index is -2.86. The van der Waals surface area contributed by atoms with Crippen LogP contribution in [0.3, 0.4) is 0 Å². The molecule has 0 aliphatic heterocycles. The number of hydrogen-bond acceptors (Lipinski definition) is 4. The Hall–Kier alpha value is -4.00. The van der Waals surface area contributed by atoms with Gasteiger partial charge in [0, 0.05) is 53.6 Å². The van der Waals surface area contributed by atoms with Crippen LogP contribution in [0, 0.1) is 0 Å². The molecule has 5 nitrogen and oxygen atoms in total. The van der Waals surface area contributed by atoms with E-state index in [-0.39, 0.29) is 24.3 Å². The Morgan fingerprint density at radius 3 is 1.97 bits per heavy atom.